The van der Waals surface area contributed by atoms with Gasteiger partial charge in [-0.25, -0.2) is 9.59 Å². The minimum absolute atomic E-state index is 0.0291. The van der Waals surface area contributed by atoms with E-state index >= 15 is 0 Å². The first-order valence-corrected chi connectivity index (χ1v) is 4.39. The summed E-state index contributed by atoms with van der Waals surface area (Å²) in [4.78, 5) is 20.4. The molecule has 0 radical (unpaired) electrons. The molecule has 0 amide bonds. The van der Waals surface area contributed by atoms with Crippen molar-refractivity contribution in [3.8, 4) is 0 Å². The summed E-state index contributed by atoms with van der Waals surface area (Å²) >= 11 is 0. The molecule has 0 saturated carbocycles. The number of carboxylic acids is 2. The van der Waals surface area contributed by atoms with Crippen LogP contribution in [-0.4, -0.2) is 69.5 Å². The Morgan fingerprint density at radius 1 is 1.12 bits per heavy atom. The standard InChI is InChI=1S/C6H10O6.C2H6O2/c1-2-12-4(6(10)11)3(7)5(8)9;3-1-2-4/h3-4,7H,2H2,1H3,(H,8,9)(H,10,11);3-4H,1-2H2. The maximum atomic E-state index is 10.3. The minimum atomic E-state index is -2.03. The fourth-order valence-electron chi connectivity index (χ4n) is 0.607. The van der Waals surface area contributed by atoms with Crippen molar-refractivity contribution in [2.24, 2.45) is 0 Å². The molecular formula is C8H16O8. The molecule has 0 spiro atoms. The average Bonchev–Trinajstić information content (AvgIpc) is 2.24. The van der Waals surface area contributed by atoms with Gasteiger partial charge in [-0.05, 0) is 6.92 Å². The largest absolute Gasteiger partial charge is 0.479 e. The van der Waals surface area contributed by atoms with Gasteiger partial charge in [0, 0.05) is 6.61 Å². The predicted molar refractivity (Wildman–Crippen MR) is 50.9 cm³/mol. The van der Waals surface area contributed by atoms with Gasteiger partial charge in [0.2, 0.25) is 0 Å². The van der Waals surface area contributed by atoms with Crippen LogP contribution in [0, 0.1) is 0 Å². The van der Waals surface area contributed by atoms with Gasteiger partial charge in [0.25, 0.3) is 0 Å². The van der Waals surface area contributed by atoms with E-state index in [1.54, 1.807) is 0 Å². The van der Waals surface area contributed by atoms with Gasteiger partial charge in [-0.15, -0.1) is 0 Å². The normalized spacial score (nSPS) is 13.2. The highest BCUT2D eigenvalue weighted by atomic mass is 16.5. The highest BCUT2D eigenvalue weighted by Gasteiger charge is 2.32. The number of aliphatic hydroxyl groups excluding tert-OH is 3. The summed E-state index contributed by atoms with van der Waals surface area (Å²) in [5.74, 6) is -3.11. The number of hydrogen-bond acceptors (Lipinski definition) is 6. The number of hydrogen-bond donors (Lipinski definition) is 5. The molecule has 0 aromatic carbocycles. The van der Waals surface area contributed by atoms with Crippen LogP contribution in [0.25, 0.3) is 0 Å². The summed E-state index contributed by atoms with van der Waals surface area (Å²) in [7, 11) is 0. The molecule has 2 unspecified atom stereocenters. The predicted octanol–water partition coefficient (Wildman–Crippen LogP) is -2.11. The number of rotatable bonds is 6. The maximum absolute atomic E-state index is 10.3. The Kier molecular flexibility index (Phi) is 11.1. The third-order valence-corrected chi connectivity index (χ3v) is 1.23. The van der Waals surface area contributed by atoms with Crippen molar-refractivity contribution in [1.29, 1.82) is 0 Å². The van der Waals surface area contributed by atoms with Crippen LogP contribution < -0.4 is 0 Å². The number of aliphatic hydroxyl groups is 3. The van der Waals surface area contributed by atoms with Crippen LogP contribution in [0.3, 0.4) is 0 Å². The van der Waals surface area contributed by atoms with E-state index < -0.39 is 24.1 Å². The number of carbonyl (C=O) groups is 2. The molecule has 0 aromatic rings. The summed E-state index contributed by atoms with van der Waals surface area (Å²) in [6.07, 6.45) is -3.73. The van der Waals surface area contributed by atoms with Gasteiger partial charge in [0.05, 0.1) is 13.2 Å². The highest BCUT2D eigenvalue weighted by molar-refractivity contribution is 5.83. The Hall–Kier alpha value is -1.22. The van der Waals surface area contributed by atoms with Crippen molar-refractivity contribution in [3.63, 3.8) is 0 Å². The Labute approximate surface area is 91.7 Å². The average molecular weight is 240 g/mol. The molecular weight excluding hydrogens is 224 g/mol. The van der Waals surface area contributed by atoms with Crippen LogP contribution >= 0.6 is 0 Å². The molecule has 0 aliphatic heterocycles. The fraction of sp³-hybridized carbons (Fsp3) is 0.750. The second-order valence-electron chi connectivity index (χ2n) is 2.44. The third kappa shape index (κ3) is 8.12. The lowest BCUT2D eigenvalue weighted by atomic mass is 10.2. The van der Waals surface area contributed by atoms with Crippen molar-refractivity contribution in [2.45, 2.75) is 19.1 Å². The van der Waals surface area contributed by atoms with E-state index in [2.05, 4.69) is 4.74 Å². The lowest BCUT2D eigenvalue weighted by Crippen LogP contribution is -2.41. The molecule has 16 heavy (non-hydrogen) atoms. The van der Waals surface area contributed by atoms with Crippen molar-refractivity contribution in [3.05, 3.63) is 0 Å². The zero-order valence-electron chi connectivity index (χ0n) is 8.74. The van der Waals surface area contributed by atoms with Gasteiger partial charge in [-0.3, -0.25) is 0 Å². The van der Waals surface area contributed by atoms with Crippen LogP contribution in [0.15, 0.2) is 0 Å². The number of ether oxygens (including phenoxy) is 1. The molecule has 0 saturated heterocycles. The molecule has 2 atom stereocenters. The summed E-state index contributed by atoms with van der Waals surface area (Å²) in [5, 5.41) is 40.6. The van der Waals surface area contributed by atoms with E-state index in [-0.39, 0.29) is 19.8 Å². The molecule has 5 N–H and O–H groups in total. The Morgan fingerprint density at radius 3 is 1.75 bits per heavy atom. The number of carboxylic acid groups (broad SMARTS) is 2. The maximum Gasteiger partial charge on any atom is 0.336 e. The smallest absolute Gasteiger partial charge is 0.336 e. The van der Waals surface area contributed by atoms with Gasteiger partial charge in [-0.2, -0.15) is 0 Å². The summed E-state index contributed by atoms with van der Waals surface area (Å²) < 4.78 is 4.50. The zero-order valence-corrected chi connectivity index (χ0v) is 8.74. The Morgan fingerprint density at radius 2 is 1.56 bits per heavy atom. The lowest BCUT2D eigenvalue weighted by Gasteiger charge is -2.14. The van der Waals surface area contributed by atoms with E-state index in [1.165, 1.54) is 6.92 Å². The molecule has 8 heteroatoms. The monoisotopic (exact) mass is 240 g/mol. The van der Waals surface area contributed by atoms with Gasteiger partial charge in [0.1, 0.15) is 0 Å². The molecule has 0 aromatic heterocycles. The second kappa shape index (κ2) is 10.3. The molecule has 96 valence electrons. The first kappa shape index (κ1) is 17.2. The van der Waals surface area contributed by atoms with Gasteiger partial charge in [-0.1, -0.05) is 0 Å². The molecule has 0 rings (SSSR count). The van der Waals surface area contributed by atoms with E-state index in [0.29, 0.717) is 0 Å². The molecule has 0 bridgehead atoms. The topological polar surface area (TPSA) is 145 Å². The van der Waals surface area contributed by atoms with Gasteiger partial charge in [0.15, 0.2) is 12.2 Å². The van der Waals surface area contributed by atoms with Crippen molar-refractivity contribution in [2.75, 3.05) is 19.8 Å². The SMILES string of the molecule is CCOC(C(=O)O)C(O)C(=O)O.OCCO. The first-order valence-electron chi connectivity index (χ1n) is 4.39. The molecule has 0 aliphatic carbocycles. The van der Waals surface area contributed by atoms with E-state index in [9.17, 15) is 9.59 Å². The summed E-state index contributed by atoms with van der Waals surface area (Å²) in [5.41, 5.74) is 0. The van der Waals surface area contributed by atoms with Crippen LogP contribution in [0.4, 0.5) is 0 Å². The lowest BCUT2D eigenvalue weighted by molar-refractivity contribution is -0.170. The molecule has 0 heterocycles. The van der Waals surface area contributed by atoms with Crippen molar-refractivity contribution in [1.82, 2.24) is 0 Å². The van der Waals surface area contributed by atoms with Crippen molar-refractivity contribution >= 4 is 11.9 Å². The fourth-order valence-corrected chi connectivity index (χ4v) is 0.607. The van der Waals surface area contributed by atoms with Crippen LogP contribution in [-0.2, 0) is 14.3 Å². The van der Waals surface area contributed by atoms with Crippen LogP contribution in [0.2, 0.25) is 0 Å². The minimum Gasteiger partial charge on any atom is -0.479 e. The van der Waals surface area contributed by atoms with Crippen LogP contribution in [0.5, 0.6) is 0 Å². The van der Waals surface area contributed by atoms with E-state index in [0.717, 1.165) is 0 Å². The Balaban J connectivity index is 0. The third-order valence-electron chi connectivity index (χ3n) is 1.23. The summed E-state index contributed by atoms with van der Waals surface area (Å²) in [6.45, 7) is 1.28. The van der Waals surface area contributed by atoms with Crippen molar-refractivity contribution < 1.29 is 39.9 Å². The second-order valence-corrected chi connectivity index (χ2v) is 2.44. The molecule has 8 nitrogen and oxygen atoms in total. The van der Waals surface area contributed by atoms with E-state index in [4.69, 9.17) is 25.5 Å². The van der Waals surface area contributed by atoms with Crippen LogP contribution in [0.1, 0.15) is 6.92 Å². The quantitative estimate of drug-likeness (QED) is 0.355. The van der Waals surface area contributed by atoms with Gasteiger partial charge < -0.3 is 30.3 Å². The summed E-state index contributed by atoms with van der Waals surface area (Å²) in [6, 6.07) is 0. The molecule has 0 aliphatic rings. The number of aliphatic carboxylic acids is 2. The zero-order chi connectivity index (χ0) is 13.1. The highest BCUT2D eigenvalue weighted by Crippen LogP contribution is 2.00. The Bertz CT molecular complexity index is 202. The molecule has 0 fully saturated rings. The first-order chi connectivity index (χ1) is 7.42. The van der Waals surface area contributed by atoms with E-state index in [1.807, 2.05) is 0 Å². The van der Waals surface area contributed by atoms with Gasteiger partial charge >= 0.3 is 11.9 Å².